The second-order valence-electron chi connectivity index (χ2n) is 9.91. The second-order valence-corrected chi connectivity index (χ2v) is 9.91. The maximum atomic E-state index is 13.4. The number of carbonyl (C=O) groups excluding carboxylic acids is 1. The highest BCUT2D eigenvalue weighted by molar-refractivity contribution is 5.79. The van der Waals surface area contributed by atoms with Crippen molar-refractivity contribution >= 4 is 5.91 Å². The first-order valence-corrected chi connectivity index (χ1v) is 13.0. The van der Waals surface area contributed by atoms with E-state index in [0.29, 0.717) is 18.7 Å². The Hall–Kier alpha value is -2.69. The maximum Gasteiger partial charge on any atom is 0.573 e. The van der Waals surface area contributed by atoms with Crippen LogP contribution in [0.1, 0.15) is 43.7 Å². The molecule has 0 aromatic heterocycles. The number of halogens is 4. The van der Waals surface area contributed by atoms with Gasteiger partial charge in [0.25, 0.3) is 0 Å². The molecule has 0 spiro atoms. The van der Waals surface area contributed by atoms with Gasteiger partial charge in [-0.1, -0.05) is 24.3 Å². The SMILES string of the molecule is C[C@@H]1CCOC(CCN2CCC(N(Cc3ccc(F)cc3)C(=O)Cc3ccc(OC(F)(F)F)cc3)CC2)O1. The smallest absolute Gasteiger partial charge is 0.406 e. The Kier molecular flexibility index (Phi) is 9.62. The van der Waals surface area contributed by atoms with Crippen molar-refractivity contribution in [3.05, 3.63) is 65.5 Å². The van der Waals surface area contributed by atoms with Crippen LogP contribution in [0, 0.1) is 5.82 Å². The van der Waals surface area contributed by atoms with Crippen molar-refractivity contribution in [2.45, 2.75) is 70.4 Å². The molecule has 2 fully saturated rings. The lowest BCUT2D eigenvalue weighted by atomic mass is 10.0. The van der Waals surface area contributed by atoms with E-state index in [9.17, 15) is 22.4 Å². The molecule has 0 radical (unpaired) electrons. The Labute approximate surface area is 220 Å². The van der Waals surface area contributed by atoms with Crippen molar-refractivity contribution in [1.29, 1.82) is 0 Å². The van der Waals surface area contributed by atoms with Crippen LogP contribution in [0.5, 0.6) is 5.75 Å². The van der Waals surface area contributed by atoms with Crippen LogP contribution in [-0.4, -0.2) is 66.7 Å². The van der Waals surface area contributed by atoms with Crippen LogP contribution in [0.25, 0.3) is 0 Å². The molecule has 0 N–H and O–H groups in total. The number of nitrogens with zero attached hydrogens (tertiary/aromatic N) is 2. The van der Waals surface area contributed by atoms with Gasteiger partial charge in [0, 0.05) is 38.6 Å². The summed E-state index contributed by atoms with van der Waals surface area (Å²) in [5, 5.41) is 0. The van der Waals surface area contributed by atoms with Crippen molar-refractivity contribution < 1.29 is 36.6 Å². The zero-order valence-electron chi connectivity index (χ0n) is 21.5. The van der Waals surface area contributed by atoms with E-state index >= 15 is 0 Å². The number of benzene rings is 2. The predicted molar refractivity (Wildman–Crippen MR) is 133 cm³/mol. The van der Waals surface area contributed by atoms with Crippen molar-refractivity contribution in [3.8, 4) is 5.75 Å². The average Bonchev–Trinajstić information content (AvgIpc) is 2.88. The molecule has 0 aliphatic carbocycles. The largest absolute Gasteiger partial charge is 0.573 e. The molecule has 2 aromatic carbocycles. The Balaban J connectivity index is 1.36. The molecule has 2 atom stereocenters. The number of carbonyl (C=O) groups is 1. The molecule has 208 valence electrons. The van der Waals surface area contributed by atoms with Crippen molar-refractivity contribution in [2.75, 3.05) is 26.2 Å². The number of likely N-dealkylation sites (tertiary alicyclic amines) is 1. The molecule has 10 heteroatoms. The molecule has 1 unspecified atom stereocenters. The van der Waals surface area contributed by atoms with E-state index in [1.807, 2.05) is 4.90 Å². The van der Waals surface area contributed by atoms with Gasteiger partial charge in [-0.15, -0.1) is 13.2 Å². The number of alkyl halides is 3. The molecule has 2 aliphatic rings. The van der Waals surface area contributed by atoms with Gasteiger partial charge in [0.15, 0.2) is 6.29 Å². The van der Waals surface area contributed by atoms with E-state index in [-0.39, 0.29) is 42.3 Å². The molecule has 6 nitrogen and oxygen atoms in total. The molecule has 2 aromatic rings. The summed E-state index contributed by atoms with van der Waals surface area (Å²) < 4.78 is 66.3. The molecular formula is C28H34F4N2O4. The summed E-state index contributed by atoms with van der Waals surface area (Å²) in [6.07, 6.45) is -1.43. The topological polar surface area (TPSA) is 51.2 Å². The minimum atomic E-state index is -4.77. The third kappa shape index (κ3) is 8.68. The first-order valence-electron chi connectivity index (χ1n) is 13.0. The predicted octanol–water partition coefficient (Wildman–Crippen LogP) is 5.30. The molecule has 0 bridgehead atoms. The van der Waals surface area contributed by atoms with Gasteiger partial charge in [0.2, 0.25) is 5.91 Å². The average molecular weight is 539 g/mol. The van der Waals surface area contributed by atoms with Gasteiger partial charge >= 0.3 is 6.36 Å². The van der Waals surface area contributed by atoms with E-state index < -0.39 is 6.36 Å². The zero-order valence-corrected chi connectivity index (χ0v) is 21.5. The monoisotopic (exact) mass is 538 g/mol. The summed E-state index contributed by atoms with van der Waals surface area (Å²) in [7, 11) is 0. The van der Waals surface area contributed by atoms with Gasteiger partial charge in [-0.2, -0.15) is 0 Å². The van der Waals surface area contributed by atoms with E-state index in [0.717, 1.165) is 50.9 Å². The van der Waals surface area contributed by atoms with Crippen LogP contribution in [0.3, 0.4) is 0 Å². The Morgan fingerprint density at radius 1 is 1.03 bits per heavy atom. The summed E-state index contributed by atoms with van der Waals surface area (Å²) in [6.45, 7) is 5.60. The van der Waals surface area contributed by atoms with Gasteiger partial charge < -0.3 is 24.0 Å². The summed E-state index contributed by atoms with van der Waals surface area (Å²) in [5.74, 6) is -0.806. The third-order valence-corrected chi connectivity index (χ3v) is 6.99. The van der Waals surface area contributed by atoms with Crippen molar-refractivity contribution in [3.63, 3.8) is 0 Å². The second kappa shape index (κ2) is 12.9. The molecule has 2 saturated heterocycles. The first kappa shape index (κ1) is 28.3. The summed E-state index contributed by atoms with van der Waals surface area (Å²) in [5.41, 5.74) is 1.41. The van der Waals surface area contributed by atoms with Crippen LogP contribution in [-0.2, 0) is 27.2 Å². The Bertz CT molecular complexity index is 1020. The highest BCUT2D eigenvalue weighted by Crippen LogP contribution is 2.25. The quantitative estimate of drug-likeness (QED) is 0.406. The van der Waals surface area contributed by atoms with E-state index in [1.54, 1.807) is 12.1 Å². The van der Waals surface area contributed by atoms with Crippen molar-refractivity contribution in [1.82, 2.24) is 9.80 Å². The third-order valence-electron chi connectivity index (χ3n) is 6.99. The molecule has 1 amide bonds. The standard InChI is InChI=1S/C28H34F4N2O4/c1-20-13-17-36-27(37-20)12-16-33-14-10-24(11-15-33)34(19-22-2-6-23(29)7-3-22)26(35)18-21-4-8-25(9-5-21)38-28(30,31)32/h2-9,20,24,27H,10-19H2,1H3/t20-,27?/m1/s1. The van der Waals surface area contributed by atoms with Crippen LogP contribution < -0.4 is 4.74 Å². The Morgan fingerprint density at radius 2 is 1.68 bits per heavy atom. The molecular weight excluding hydrogens is 504 g/mol. The lowest BCUT2D eigenvalue weighted by molar-refractivity contribution is -0.274. The van der Waals surface area contributed by atoms with E-state index in [4.69, 9.17) is 9.47 Å². The minimum Gasteiger partial charge on any atom is -0.406 e. The number of rotatable bonds is 9. The fourth-order valence-corrected chi connectivity index (χ4v) is 4.92. The number of amides is 1. The van der Waals surface area contributed by atoms with Gasteiger partial charge in [-0.05, 0) is 61.6 Å². The lowest BCUT2D eigenvalue weighted by Gasteiger charge is -2.39. The molecule has 0 saturated carbocycles. The summed E-state index contributed by atoms with van der Waals surface area (Å²) in [6, 6.07) is 11.4. The highest BCUT2D eigenvalue weighted by Gasteiger charge is 2.31. The zero-order chi connectivity index (χ0) is 27.1. The fraction of sp³-hybridized carbons (Fsp3) is 0.536. The molecule has 4 rings (SSSR count). The molecule has 38 heavy (non-hydrogen) atoms. The number of ether oxygens (including phenoxy) is 3. The molecule has 2 heterocycles. The first-order chi connectivity index (χ1) is 18.1. The fourth-order valence-electron chi connectivity index (χ4n) is 4.92. The number of hydrogen-bond donors (Lipinski definition) is 0. The van der Waals surface area contributed by atoms with Gasteiger partial charge in [0.05, 0.1) is 19.1 Å². The summed E-state index contributed by atoms with van der Waals surface area (Å²) in [4.78, 5) is 17.6. The van der Waals surface area contributed by atoms with Crippen LogP contribution in [0.2, 0.25) is 0 Å². The van der Waals surface area contributed by atoms with Crippen LogP contribution in [0.15, 0.2) is 48.5 Å². The van der Waals surface area contributed by atoms with Gasteiger partial charge in [-0.3, -0.25) is 4.79 Å². The lowest BCUT2D eigenvalue weighted by Crippen LogP contribution is -2.48. The number of piperidine rings is 1. The summed E-state index contributed by atoms with van der Waals surface area (Å²) >= 11 is 0. The van der Waals surface area contributed by atoms with Crippen LogP contribution in [0.4, 0.5) is 17.6 Å². The van der Waals surface area contributed by atoms with Gasteiger partial charge in [0.1, 0.15) is 11.6 Å². The number of hydrogen-bond acceptors (Lipinski definition) is 5. The van der Waals surface area contributed by atoms with Gasteiger partial charge in [-0.25, -0.2) is 4.39 Å². The van der Waals surface area contributed by atoms with E-state index in [2.05, 4.69) is 16.6 Å². The highest BCUT2D eigenvalue weighted by atomic mass is 19.4. The maximum absolute atomic E-state index is 13.4. The minimum absolute atomic E-state index is 0.00107. The van der Waals surface area contributed by atoms with Crippen molar-refractivity contribution in [2.24, 2.45) is 0 Å². The normalized spacial score (nSPS) is 21.3. The van der Waals surface area contributed by atoms with Crippen LogP contribution >= 0.6 is 0 Å². The Morgan fingerprint density at radius 3 is 2.32 bits per heavy atom. The molecule has 2 aliphatic heterocycles. The van der Waals surface area contributed by atoms with E-state index in [1.165, 1.54) is 36.4 Å².